The summed E-state index contributed by atoms with van der Waals surface area (Å²) in [6, 6.07) is 10.5. The lowest BCUT2D eigenvalue weighted by Crippen LogP contribution is -2.61. The van der Waals surface area contributed by atoms with E-state index in [2.05, 4.69) is 5.32 Å². The number of hydrogen-bond acceptors (Lipinski definition) is 5. The zero-order valence-electron chi connectivity index (χ0n) is 19.0. The van der Waals surface area contributed by atoms with E-state index in [0.29, 0.717) is 18.8 Å². The molecule has 1 aromatic carbocycles. The minimum absolute atomic E-state index is 0.0899. The summed E-state index contributed by atoms with van der Waals surface area (Å²) in [6.07, 6.45) is 8.80. The normalized spacial score (nSPS) is 28.0. The molecule has 4 aliphatic carbocycles. The molecular formula is C25H32N2O5S. The zero-order valence-corrected chi connectivity index (χ0v) is 19.9. The molecule has 0 atom stereocenters. The first-order valence-electron chi connectivity index (χ1n) is 11.9. The Hall–Kier alpha value is -2.48. The van der Waals surface area contributed by atoms with Gasteiger partial charge in [-0.1, -0.05) is 12.1 Å². The van der Waals surface area contributed by atoms with Gasteiger partial charge in [-0.05, 0) is 93.0 Å². The van der Waals surface area contributed by atoms with Gasteiger partial charge in [0, 0.05) is 12.1 Å². The predicted octanol–water partition coefficient (Wildman–Crippen LogP) is 4.69. The third-order valence-corrected chi connectivity index (χ3v) is 8.63. The molecule has 1 N–H and O–H groups in total. The van der Waals surface area contributed by atoms with Crippen molar-refractivity contribution in [1.82, 2.24) is 10.2 Å². The van der Waals surface area contributed by atoms with Crippen molar-refractivity contribution in [3.8, 4) is 5.75 Å². The fourth-order valence-corrected chi connectivity index (χ4v) is 7.00. The maximum atomic E-state index is 13.6. The maximum Gasteiger partial charge on any atom is 0.318 e. The fraction of sp³-hybridized carbons (Fsp3) is 0.560. The van der Waals surface area contributed by atoms with E-state index < -0.39 is 10.1 Å². The van der Waals surface area contributed by atoms with Crippen LogP contribution in [0.25, 0.3) is 0 Å². The molecule has 4 fully saturated rings. The van der Waals surface area contributed by atoms with Crippen LogP contribution in [0.2, 0.25) is 0 Å². The van der Waals surface area contributed by atoms with Gasteiger partial charge in [-0.3, -0.25) is 0 Å². The SMILES string of the molecule is CCS(=O)(=O)Oc1cccc(CN(Cc2ccco2)C(=O)NC23CC4CC(CC(C4)C2)C3)c1. The van der Waals surface area contributed by atoms with Crippen LogP contribution >= 0.6 is 0 Å². The average Bonchev–Trinajstić information content (AvgIpc) is 3.25. The van der Waals surface area contributed by atoms with Crippen LogP contribution in [0, 0.1) is 17.8 Å². The maximum absolute atomic E-state index is 13.6. The quantitative estimate of drug-likeness (QED) is 0.563. The highest BCUT2D eigenvalue weighted by atomic mass is 32.2. The number of carbonyl (C=O) groups is 1. The molecule has 2 amide bonds. The first-order chi connectivity index (χ1) is 15.8. The summed E-state index contributed by atoms with van der Waals surface area (Å²) < 4.78 is 34.4. The Kier molecular flexibility index (Phi) is 5.89. The third-order valence-electron chi connectivity index (χ3n) is 7.47. The smallest absolute Gasteiger partial charge is 0.318 e. The Morgan fingerprint density at radius 1 is 1.09 bits per heavy atom. The molecule has 0 aliphatic heterocycles. The second kappa shape index (κ2) is 8.70. The highest BCUT2D eigenvalue weighted by molar-refractivity contribution is 7.87. The van der Waals surface area contributed by atoms with E-state index in [1.165, 1.54) is 19.3 Å². The first kappa shape index (κ1) is 22.3. The number of benzene rings is 1. The molecule has 4 aliphatic rings. The van der Waals surface area contributed by atoms with Gasteiger partial charge in [0.05, 0.1) is 18.6 Å². The van der Waals surface area contributed by atoms with Gasteiger partial charge in [0.1, 0.15) is 11.5 Å². The van der Waals surface area contributed by atoms with Gasteiger partial charge < -0.3 is 18.8 Å². The number of hydrogen-bond donors (Lipinski definition) is 1. The average molecular weight is 473 g/mol. The van der Waals surface area contributed by atoms with Crippen LogP contribution in [-0.4, -0.2) is 30.6 Å². The number of nitrogens with zero attached hydrogens (tertiary/aromatic N) is 1. The third kappa shape index (κ3) is 5.05. The minimum Gasteiger partial charge on any atom is -0.467 e. The highest BCUT2D eigenvalue weighted by Crippen LogP contribution is 2.55. The van der Waals surface area contributed by atoms with E-state index in [4.69, 9.17) is 8.60 Å². The van der Waals surface area contributed by atoms with Gasteiger partial charge in [0.2, 0.25) is 0 Å². The van der Waals surface area contributed by atoms with Gasteiger partial charge in [0.25, 0.3) is 0 Å². The molecule has 2 aromatic rings. The number of furan rings is 1. The van der Waals surface area contributed by atoms with Crippen molar-refractivity contribution in [2.24, 2.45) is 17.8 Å². The zero-order chi connectivity index (χ0) is 23.1. The Morgan fingerprint density at radius 3 is 2.39 bits per heavy atom. The molecule has 1 aromatic heterocycles. The Bertz CT molecular complexity index is 1060. The van der Waals surface area contributed by atoms with Crippen LogP contribution in [0.1, 0.15) is 56.8 Å². The Balaban J connectivity index is 1.34. The van der Waals surface area contributed by atoms with Crippen LogP contribution in [0.3, 0.4) is 0 Å². The second-order valence-corrected chi connectivity index (χ2v) is 12.0. The summed E-state index contributed by atoms with van der Waals surface area (Å²) in [5.74, 6) is 3.08. The summed E-state index contributed by atoms with van der Waals surface area (Å²) in [5.41, 5.74) is 0.707. The molecule has 1 heterocycles. The topological polar surface area (TPSA) is 88.9 Å². The lowest BCUT2D eigenvalue weighted by Gasteiger charge is -2.57. The predicted molar refractivity (Wildman–Crippen MR) is 124 cm³/mol. The molecule has 0 spiro atoms. The van der Waals surface area contributed by atoms with Gasteiger partial charge in [-0.2, -0.15) is 8.42 Å². The van der Waals surface area contributed by atoms with Gasteiger partial charge >= 0.3 is 16.1 Å². The molecule has 4 saturated carbocycles. The van der Waals surface area contributed by atoms with Crippen LogP contribution in [0.5, 0.6) is 5.75 Å². The number of nitrogens with one attached hydrogen (secondary N) is 1. The van der Waals surface area contributed by atoms with E-state index in [1.54, 1.807) is 36.3 Å². The van der Waals surface area contributed by atoms with Crippen molar-refractivity contribution in [3.05, 3.63) is 54.0 Å². The highest BCUT2D eigenvalue weighted by Gasteiger charge is 2.51. The number of carbonyl (C=O) groups excluding carboxylic acids is 1. The summed E-state index contributed by atoms with van der Waals surface area (Å²) >= 11 is 0. The van der Waals surface area contributed by atoms with E-state index in [9.17, 15) is 13.2 Å². The van der Waals surface area contributed by atoms with E-state index in [0.717, 1.165) is 42.6 Å². The lowest BCUT2D eigenvalue weighted by molar-refractivity contribution is -0.0160. The van der Waals surface area contributed by atoms with Gasteiger partial charge in [0.15, 0.2) is 0 Å². The standard InChI is InChI=1S/C25H32N2O5S/c1-2-33(29,30)32-22-6-3-5-18(12-22)16-27(17-23-7-4-8-31-23)24(28)26-25-13-19-9-20(14-25)11-21(10-19)15-25/h3-8,12,19-21H,2,9-11,13-17H2,1H3,(H,26,28). The molecule has 6 rings (SSSR count). The summed E-state index contributed by atoms with van der Waals surface area (Å²) in [5, 5.41) is 3.44. The van der Waals surface area contributed by atoms with Crippen LogP contribution in [0.4, 0.5) is 4.79 Å². The van der Waals surface area contributed by atoms with Crippen molar-refractivity contribution in [1.29, 1.82) is 0 Å². The monoisotopic (exact) mass is 472 g/mol. The van der Waals surface area contributed by atoms with E-state index in [-0.39, 0.29) is 23.1 Å². The summed E-state index contributed by atoms with van der Waals surface area (Å²) in [6.45, 7) is 2.20. The van der Waals surface area contributed by atoms with Gasteiger partial charge in [-0.25, -0.2) is 4.79 Å². The minimum atomic E-state index is -3.61. The Labute approximate surface area is 195 Å². The Morgan fingerprint density at radius 2 is 1.79 bits per heavy atom. The lowest BCUT2D eigenvalue weighted by atomic mass is 9.53. The molecule has 33 heavy (non-hydrogen) atoms. The molecule has 0 unspecified atom stereocenters. The molecule has 0 saturated heterocycles. The molecule has 178 valence electrons. The van der Waals surface area contributed by atoms with Crippen LogP contribution in [0.15, 0.2) is 47.1 Å². The fourth-order valence-electron chi connectivity index (χ4n) is 6.48. The van der Waals surface area contributed by atoms with Crippen molar-refractivity contribution < 1.29 is 21.8 Å². The van der Waals surface area contributed by atoms with Crippen molar-refractivity contribution in [2.45, 2.75) is 64.1 Å². The molecule has 4 bridgehead atoms. The molecule has 8 heteroatoms. The largest absolute Gasteiger partial charge is 0.467 e. The number of amides is 2. The van der Waals surface area contributed by atoms with Gasteiger partial charge in [-0.15, -0.1) is 0 Å². The number of rotatable bonds is 8. The van der Waals surface area contributed by atoms with E-state index >= 15 is 0 Å². The van der Waals surface area contributed by atoms with Crippen LogP contribution in [-0.2, 0) is 23.2 Å². The first-order valence-corrected chi connectivity index (χ1v) is 13.5. The molecule has 7 nitrogen and oxygen atoms in total. The second-order valence-electron chi connectivity index (χ2n) is 10.1. The summed E-state index contributed by atoms with van der Waals surface area (Å²) in [7, 11) is -3.61. The molecule has 0 radical (unpaired) electrons. The molecular weight excluding hydrogens is 440 g/mol. The van der Waals surface area contributed by atoms with Crippen molar-refractivity contribution >= 4 is 16.1 Å². The van der Waals surface area contributed by atoms with Crippen LogP contribution < -0.4 is 9.50 Å². The number of urea groups is 1. The van der Waals surface area contributed by atoms with Crippen molar-refractivity contribution in [2.75, 3.05) is 5.75 Å². The van der Waals surface area contributed by atoms with E-state index in [1.807, 2.05) is 18.2 Å². The van der Waals surface area contributed by atoms with Crippen molar-refractivity contribution in [3.63, 3.8) is 0 Å². The summed E-state index contributed by atoms with van der Waals surface area (Å²) in [4.78, 5) is 15.3.